The molecule has 0 N–H and O–H groups in total. The Labute approximate surface area is 467 Å². The van der Waals surface area contributed by atoms with Crippen molar-refractivity contribution in [1.82, 2.24) is 4.57 Å². The van der Waals surface area contributed by atoms with Gasteiger partial charge >= 0.3 is 0 Å². The lowest BCUT2D eigenvalue weighted by molar-refractivity contribution is 0.669. The lowest BCUT2D eigenvalue weighted by Crippen LogP contribution is -2.33. The number of anilines is 3. The van der Waals surface area contributed by atoms with Crippen LogP contribution in [0, 0.1) is 0 Å². The molecule has 374 valence electrons. The third-order valence-electron chi connectivity index (χ3n) is 19.0. The zero-order valence-electron chi connectivity index (χ0n) is 43.9. The average molecular weight is 1030 g/mol. The van der Waals surface area contributed by atoms with E-state index in [1.807, 2.05) is 6.07 Å². The quantitative estimate of drug-likeness (QED) is 0.175. The smallest absolute Gasteiger partial charge is 0.136 e. The molecule has 0 bridgehead atoms. The number of para-hydroxylation sites is 4. The first-order chi connectivity index (χ1) is 40.2. The summed E-state index contributed by atoms with van der Waals surface area (Å²) in [6.07, 6.45) is 0. The van der Waals surface area contributed by atoms with Gasteiger partial charge in [-0.1, -0.05) is 224 Å². The second kappa shape index (κ2) is 15.6. The van der Waals surface area contributed by atoms with Crippen molar-refractivity contribution in [2.45, 2.75) is 10.8 Å². The molecule has 2 spiro atoms. The van der Waals surface area contributed by atoms with Gasteiger partial charge in [-0.05, 0) is 149 Å². The Kier molecular flexibility index (Phi) is 8.39. The van der Waals surface area contributed by atoms with Crippen molar-refractivity contribution >= 4 is 71.6 Å². The minimum Gasteiger partial charge on any atom is -0.456 e. The molecule has 2 aromatic heterocycles. The van der Waals surface area contributed by atoms with Gasteiger partial charge in [0.2, 0.25) is 0 Å². The Hall–Kier alpha value is -10.5. The summed E-state index contributed by atoms with van der Waals surface area (Å²) in [5.74, 6) is 0. The molecule has 4 aliphatic rings. The number of aromatic nitrogens is 1. The Morgan fingerprint density at radius 3 is 1.72 bits per heavy atom. The largest absolute Gasteiger partial charge is 0.456 e. The monoisotopic (exact) mass is 1030 g/mol. The zero-order valence-corrected chi connectivity index (χ0v) is 43.9. The highest BCUT2D eigenvalue weighted by Gasteiger charge is 2.54. The Morgan fingerprint density at radius 2 is 0.877 bits per heavy atom. The summed E-state index contributed by atoms with van der Waals surface area (Å²) >= 11 is 0. The Morgan fingerprint density at radius 1 is 0.321 bits per heavy atom. The normalized spacial score (nSPS) is 16.5. The average Bonchev–Trinajstić information content (AvgIpc) is 2.39. The van der Waals surface area contributed by atoms with Crippen molar-refractivity contribution in [2.24, 2.45) is 0 Å². The first-order valence-corrected chi connectivity index (χ1v) is 28.2. The van der Waals surface area contributed by atoms with Crippen LogP contribution in [0.1, 0.15) is 44.5 Å². The highest BCUT2D eigenvalue weighted by Crippen LogP contribution is 2.66. The van der Waals surface area contributed by atoms with Crippen LogP contribution in [-0.2, 0) is 10.8 Å². The fraction of sp³-hybridized carbons (Fsp3) is 0.0256. The summed E-state index contributed by atoms with van der Waals surface area (Å²) in [6.45, 7) is 0. The van der Waals surface area contributed by atoms with E-state index in [1.54, 1.807) is 0 Å². The van der Waals surface area contributed by atoms with Gasteiger partial charge < -0.3 is 13.9 Å². The van der Waals surface area contributed by atoms with E-state index in [-0.39, 0.29) is 0 Å². The van der Waals surface area contributed by atoms with Crippen LogP contribution in [0.2, 0.25) is 0 Å². The van der Waals surface area contributed by atoms with Gasteiger partial charge in [-0.2, -0.15) is 0 Å². The summed E-state index contributed by atoms with van der Waals surface area (Å²) in [5.41, 5.74) is 28.1. The number of hydrogen-bond donors (Lipinski definition) is 0. The van der Waals surface area contributed by atoms with E-state index in [0.29, 0.717) is 0 Å². The third-order valence-corrected chi connectivity index (χ3v) is 19.0. The minimum atomic E-state index is -0.617. The van der Waals surface area contributed by atoms with Gasteiger partial charge in [0, 0.05) is 38.5 Å². The number of nitrogens with zero attached hydrogens (tertiary/aromatic N) is 2. The molecule has 1 aliphatic heterocycles. The van der Waals surface area contributed by atoms with Crippen LogP contribution in [0.15, 0.2) is 283 Å². The van der Waals surface area contributed by atoms with Crippen molar-refractivity contribution < 1.29 is 4.42 Å². The second-order valence-electron chi connectivity index (χ2n) is 22.5. The maximum Gasteiger partial charge on any atom is 0.136 e. The molecule has 0 saturated carbocycles. The standard InChI is InChI=1S/C78H46N2O/c1-2-19-51-47(18-1)40-45-65-73(51)57-22-4-9-28-61(57)77(65)60-27-8-3-20-53(60)54-44-43-50(46-67(54)77)79(49-41-38-48(39-42-49)52-25-16-37-72-74(52)59-24-7-14-36-71(59)81-72)70-35-17-31-64-75(70)58-23-5-10-29-62(58)78(64)63-30-11-13-34-69(63)80-68-33-12-6-21-55(68)56-26-15-32-66(78)76(56)80/h1-46H. The maximum atomic E-state index is 6.44. The molecule has 0 radical (unpaired) electrons. The van der Waals surface area contributed by atoms with Crippen molar-refractivity contribution in [3.05, 3.63) is 324 Å². The lowest BCUT2D eigenvalue weighted by Gasteiger charge is -2.39. The van der Waals surface area contributed by atoms with Crippen LogP contribution < -0.4 is 4.90 Å². The zero-order chi connectivity index (χ0) is 52.7. The van der Waals surface area contributed by atoms with Gasteiger partial charge in [0.05, 0.1) is 33.2 Å². The molecule has 3 aliphatic carbocycles. The van der Waals surface area contributed by atoms with Crippen LogP contribution in [0.3, 0.4) is 0 Å². The van der Waals surface area contributed by atoms with Crippen LogP contribution in [0.25, 0.3) is 105 Å². The maximum absolute atomic E-state index is 6.44. The SMILES string of the molecule is c1ccc2c(c1)-c1ccc(N(c3ccc(-c4cccc5oc6ccccc6c45)cc3)c3cccc4c3-c3ccccc3C43c4ccccc4-n4c5ccccc5c5cccc3c54)cc1C21c2ccccc2-c2c1ccc1ccccc21. The van der Waals surface area contributed by atoms with Gasteiger partial charge in [-0.3, -0.25) is 0 Å². The van der Waals surface area contributed by atoms with Gasteiger partial charge in [-0.15, -0.1) is 0 Å². The van der Waals surface area contributed by atoms with E-state index in [9.17, 15) is 0 Å². The van der Waals surface area contributed by atoms with Crippen molar-refractivity contribution in [3.63, 3.8) is 0 Å². The molecule has 3 heteroatoms. The molecular formula is C78H46N2O. The van der Waals surface area contributed by atoms with Gasteiger partial charge in [0.25, 0.3) is 0 Å². The first kappa shape index (κ1) is 43.5. The molecule has 0 fully saturated rings. The summed E-state index contributed by atoms with van der Waals surface area (Å²) in [6, 6.07) is 105. The fourth-order valence-corrected chi connectivity index (χ4v) is 16.0. The van der Waals surface area contributed by atoms with E-state index in [1.165, 1.54) is 116 Å². The lowest BCUT2D eigenvalue weighted by atomic mass is 9.65. The molecular weight excluding hydrogens is 981 g/mol. The highest BCUT2D eigenvalue weighted by atomic mass is 16.3. The molecule has 13 aromatic carbocycles. The summed E-state index contributed by atoms with van der Waals surface area (Å²) in [4.78, 5) is 2.57. The first-order valence-electron chi connectivity index (χ1n) is 28.2. The predicted molar refractivity (Wildman–Crippen MR) is 333 cm³/mol. The second-order valence-corrected chi connectivity index (χ2v) is 22.5. The Balaban J connectivity index is 0.898. The van der Waals surface area contributed by atoms with Gasteiger partial charge in [0.1, 0.15) is 11.2 Å². The van der Waals surface area contributed by atoms with Crippen LogP contribution in [-0.4, -0.2) is 4.57 Å². The van der Waals surface area contributed by atoms with E-state index in [0.717, 1.165) is 50.1 Å². The summed E-state index contributed by atoms with van der Waals surface area (Å²) in [7, 11) is 0. The molecule has 0 saturated heterocycles. The van der Waals surface area contributed by atoms with Crippen molar-refractivity contribution in [1.29, 1.82) is 0 Å². The van der Waals surface area contributed by atoms with Crippen molar-refractivity contribution in [2.75, 3.05) is 4.90 Å². The van der Waals surface area contributed by atoms with Gasteiger partial charge in [-0.25, -0.2) is 0 Å². The minimum absolute atomic E-state index is 0.558. The Bertz CT molecular complexity index is 5270. The van der Waals surface area contributed by atoms with E-state index >= 15 is 0 Å². The molecule has 2 unspecified atom stereocenters. The fourth-order valence-electron chi connectivity index (χ4n) is 16.0. The third kappa shape index (κ3) is 5.30. The summed E-state index contributed by atoms with van der Waals surface area (Å²) in [5, 5.41) is 7.34. The summed E-state index contributed by atoms with van der Waals surface area (Å²) < 4.78 is 8.97. The molecule has 3 heterocycles. The molecule has 3 nitrogen and oxygen atoms in total. The van der Waals surface area contributed by atoms with Crippen LogP contribution in [0.4, 0.5) is 17.1 Å². The molecule has 19 rings (SSSR count). The van der Waals surface area contributed by atoms with E-state index < -0.39 is 10.8 Å². The number of furan rings is 1. The predicted octanol–water partition coefficient (Wildman–Crippen LogP) is 20.0. The topological polar surface area (TPSA) is 21.3 Å². The highest BCUT2D eigenvalue weighted by molar-refractivity contribution is 6.15. The van der Waals surface area contributed by atoms with Crippen LogP contribution in [0.5, 0.6) is 0 Å². The number of hydrogen-bond acceptors (Lipinski definition) is 2. The molecule has 2 atom stereocenters. The van der Waals surface area contributed by atoms with Crippen LogP contribution >= 0.6 is 0 Å². The molecule has 0 amide bonds. The van der Waals surface area contributed by atoms with Crippen molar-refractivity contribution in [3.8, 4) is 50.2 Å². The number of fused-ring (bicyclic) bond motifs is 27. The molecule has 15 aromatic rings. The molecule has 81 heavy (non-hydrogen) atoms. The number of rotatable bonds is 4. The number of benzene rings is 13. The van der Waals surface area contributed by atoms with E-state index in [2.05, 4.69) is 282 Å². The van der Waals surface area contributed by atoms with E-state index in [4.69, 9.17) is 4.42 Å². The van der Waals surface area contributed by atoms with Gasteiger partial charge in [0.15, 0.2) is 0 Å².